The quantitative estimate of drug-likeness (QED) is 0.730. The molecule has 0 saturated heterocycles. The topological polar surface area (TPSA) is 67.6 Å². The second-order valence-corrected chi connectivity index (χ2v) is 5.55. The van der Waals surface area contributed by atoms with Crippen molar-refractivity contribution in [2.45, 2.75) is 20.3 Å². The maximum absolute atomic E-state index is 12.1. The van der Waals surface area contributed by atoms with E-state index in [0.29, 0.717) is 19.0 Å². The average molecular weight is 293 g/mol. The number of hydrogen-bond acceptors (Lipinski definition) is 4. The van der Waals surface area contributed by atoms with E-state index in [-0.39, 0.29) is 5.91 Å². The molecule has 3 N–H and O–H groups in total. The van der Waals surface area contributed by atoms with Crippen molar-refractivity contribution >= 4 is 11.6 Å². The van der Waals surface area contributed by atoms with Crippen LogP contribution in [0, 0.1) is 5.92 Å². The number of amides is 1. The zero-order chi connectivity index (χ0) is 15.7. The van der Waals surface area contributed by atoms with E-state index in [9.17, 15) is 4.79 Å². The van der Waals surface area contributed by atoms with Crippen LogP contribution in [0.3, 0.4) is 0 Å². The number of rotatable bonds is 9. The number of carbonyl (C=O) groups excluding carboxylic acids is 1. The number of carbonyl (C=O) groups is 1. The van der Waals surface area contributed by atoms with Crippen molar-refractivity contribution < 1.29 is 9.53 Å². The number of ether oxygens (including phenoxy) is 1. The normalized spacial score (nSPS) is 11.0. The van der Waals surface area contributed by atoms with E-state index >= 15 is 0 Å². The molecule has 0 fully saturated rings. The summed E-state index contributed by atoms with van der Waals surface area (Å²) >= 11 is 0. The lowest BCUT2D eigenvalue weighted by Gasteiger charge is -2.23. The van der Waals surface area contributed by atoms with E-state index in [1.165, 1.54) is 0 Å². The van der Waals surface area contributed by atoms with Crippen LogP contribution in [-0.4, -0.2) is 44.1 Å². The Morgan fingerprint density at radius 1 is 1.43 bits per heavy atom. The Labute approximate surface area is 127 Å². The summed E-state index contributed by atoms with van der Waals surface area (Å²) < 4.78 is 5.15. The predicted molar refractivity (Wildman–Crippen MR) is 86.6 cm³/mol. The van der Waals surface area contributed by atoms with Gasteiger partial charge in [-0.05, 0) is 37.6 Å². The minimum Gasteiger partial charge on any atom is -0.497 e. The van der Waals surface area contributed by atoms with Gasteiger partial charge in [-0.25, -0.2) is 0 Å². The van der Waals surface area contributed by atoms with E-state index in [0.717, 1.165) is 30.9 Å². The second-order valence-electron chi connectivity index (χ2n) is 5.55. The number of nitrogens with two attached hydrogens (primary N) is 1. The number of anilines is 1. The number of benzene rings is 1. The summed E-state index contributed by atoms with van der Waals surface area (Å²) in [6.45, 7) is 7.07. The van der Waals surface area contributed by atoms with Crippen molar-refractivity contribution in [1.29, 1.82) is 0 Å². The van der Waals surface area contributed by atoms with Gasteiger partial charge >= 0.3 is 0 Å². The first-order valence-corrected chi connectivity index (χ1v) is 7.41. The average Bonchev–Trinajstić information content (AvgIpc) is 2.44. The van der Waals surface area contributed by atoms with Crippen molar-refractivity contribution in [2.75, 3.05) is 38.6 Å². The monoisotopic (exact) mass is 293 g/mol. The van der Waals surface area contributed by atoms with Gasteiger partial charge in [0, 0.05) is 18.3 Å². The summed E-state index contributed by atoms with van der Waals surface area (Å²) in [4.78, 5) is 14.3. The fourth-order valence-corrected chi connectivity index (χ4v) is 2.17. The van der Waals surface area contributed by atoms with Crippen molar-refractivity contribution in [3.05, 3.63) is 24.3 Å². The third kappa shape index (κ3) is 7.11. The molecule has 1 aromatic carbocycles. The number of hydrogen-bond donors (Lipinski definition) is 2. The number of nitrogens with one attached hydrogen (secondary N) is 1. The van der Waals surface area contributed by atoms with Gasteiger partial charge in [-0.2, -0.15) is 0 Å². The smallest absolute Gasteiger partial charge is 0.238 e. The highest BCUT2D eigenvalue weighted by molar-refractivity contribution is 5.92. The van der Waals surface area contributed by atoms with Crippen LogP contribution < -0.4 is 15.8 Å². The van der Waals surface area contributed by atoms with Crippen LogP contribution in [-0.2, 0) is 4.79 Å². The van der Waals surface area contributed by atoms with Gasteiger partial charge in [0.1, 0.15) is 5.75 Å². The molecule has 0 aliphatic rings. The Kier molecular flexibility index (Phi) is 7.79. The maximum atomic E-state index is 12.1. The molecule has 0 aliphatic carbocycles. The van der Waals surface area contributed by atoms with Crippen LogP contribution in [0.4, 0.5) is 5.69 Å². The van der Waals surface area contributed by atoms with Gasteiger partial charge in [0.2, 0.25) is 5.91 Å². The summed E-state index contributed by atoms with van der Waals surface area (Å²) in [5, 5.41) is 2.90. The first-order valence-electron chi connectivity index (χ1n) is 7.41. The third-order valence-electron chi connectivity index (χ3n) is 3.02. The molecule has 1 amide bonds. The molecule has 1 aromatic rings. The van der Waals surface area contributed by atoms with Crippen LogP contribution in [0.1, 0.15) is 20.3 Å². The molecule has 0 aromatic heterocycles. The summed E-state index contributed by atoms with van der Waals surface area (Å²) in [5.41, 5.74) is 6.31. The molecule has 118 valence electrons. The molecule has 5 heteroatoms. The van der Waals surface area contributed by atoms with Gasteiger partial charge in [0.25, 0.3) is 0 Å². The maximum Gasteiger partial charge on any atom is 0.238 e. The van der Waals surface area contributed by atoms with Crippen molar-refractivity contribution in [3.8, 4) is 5.75 Å². The molecule has 1 rings (SSSR count). The lowest BCUT2D eigenvalue weighted by molar-refractivity contribution is -0.117. The number of nitrogens with zero attached hydrogens (tertiary/aromatic N) is 1. The van der Waals surface area contributed by atoms with Gasteiger partial charge in [0.05, 0.1) is 13.7 Å². The Bertz CT molecular complexity index is 435. The molecule has 0 saturated carbocycles. The van der Waals surface area contributed by atoms with Crippen LogP contribution in [0.2, 0.25) is 0 Å². The van der Waals surface area contributed by atoms with E-state index in [2.05, 4.69) is 24.1 Å². The Hall–Kier alpha value is -1.59. The molecule has 21 heavy (non-hydrogen) atoms. The first kappa shape index (κ1) is 17.5. The summed E-state index contributed by atoms with van der Waals surface area (Å²) in [7, 11) is 1.61. The molecule has 0 bridgehead atoms. The van der Waals surface area contributed by atoms with Crippen LogP contribution in [0.25, 0.3) is 0 Å². The Balaban J connectivity index is 2.55. The highest BCUT2D eigenvalue weighted by atomic mass is 16.5. The molecule has 0 aliphatic heterocycles. The van der Waals surface area contributed by atoms with E-state index in [1.807, 2.05) is 24.3 Å². The fourth-order valence-electron chi connectivity index (χ4n) is 2.17. The summed E-state index contributed by atoms with van der Waals surface area (Å²) in [6, 6.07) is 7.37. The van der Waals surface area contributed by atoms with Crippen molar-refractivity contribution in [3.63, 3.8) is 0 Å². The molecule has 0 unspecified atom stereocenters. The largest absolute Gasteiger partial charge is 0.497 e. The van der Waals surface area contributed by atoms with Gasteiger partial charge in [-0.1, -0.05) is 19.9 Å². The number of methoxy groups -OCH3 is 1. The fraction of sp³-hybridized carbons (Fsp3) is 0.562. The van der Waals surface area contributed by atoms with Crippen LogP contribution in [0.5, 0.6) is 5.75 Å². The van der Waals surface area contributed by atoms with Gasteiger partial charge in [-0.3, -0.25) is 9.69 Å². The van der Waals surface area contributed by atoms with Crippen LogP contribution >= 0.6 is 0 Å². The van der Waals surface area contributed by atoms with Crippen molar-refractivity contribution in [2.24, 2.45) is 11.7 Å². The lowest BCUT2D eigenvalue weighted by atomic mass is 10.2. The standard InChI is InChI=1S/C16H27N3O2/c1-13(2)11-19(9-5-8-17)12-16(20)18-14-6-4-7-15(10-14)21-3/h4,6-7,10,13H,5,8-9,11-12,17H2,1-3H3,(H,18,20). The minimum absolute atomic E-state index is 0.0130. The zero-order valence-electron chi connectivity index (χ0n) is 13.3. The molecule has 0 heterocycles. The molecule has 0 spiro atoms. The molecular weight excluding hydrogens is 266 g/mol. The molecular formula is C16H27N3O2. The zero-order valence-corrected chi connectivity index (χ0v) is 13.3. The van der Waals surface area contributed by atoms with Gasteiger partial charge < -0.3 is 15.8 Å². The predicted octanol–water partition coefficient (Wildman–Crippen LogP) is 1.94. The van der Waals surface area contributed by atoms with Gasteiger partial charge in [-0.15, -0.1) is 0 Å². The molecule has 5 nitrogen and oxygen atoms in total. The molecule has 0 radical (unpaired) electrons. The highest BCUT2D eigenvalue weighted by Crippen LogP contribution is 2.16. The summed E-state index contributed by atoms with van der Waals surface area (Å²) in [6.07, 6.45) is 0.902. The SMILES string of the molecule is COc1cccc(NC(=O)CN(CCCN)CC(C)C)c1. The van der Waals surface area contributed by atoms with E-state index < -0.39 is 0 Å². The third-order valence-corrected chi connectivity index (χ3v) is 3.02. The van der Waals surface area contributed by atoms with Gasteiger partial charge in [0.15, 0.2) is 0 Å². The first-order chi connectivity index (χ1) is 10.0. The van der Waals surface area contributed by atoms with Crippen LogP contribution in [0.15, 0.2) is 24.3 Å². The Morgan fingerprint density at radius 2 is 2.19 bits per heavy atom. The molecule has 0 atom stereocenters. The Morgan fingerprint density at radius 3 is 2.81 bits per heavy atom. The minimum atomic E-state index is -0.0130. The second kappa shape index (κ2) is 9.37. The lowest BCUT2D eigenvalue weighted by Crippen LogP contribution is -2.37. The van der Waals surface area contributed by atoms with Crippen molar-refractivity contribution in [1.82, 2.24) is 4.90 Å². The highest BCUT2D eigenvalue weighted by Gasteiger charge is 2.12. The van der Waals surface area contributed by atoms with E-state index in [4.69, 9.17) is 10.5 Å². The summed E-state index contributed by atoms with van der Waals surface area (Å²) in [5.74, 6) is 1.24. The van der Waals surface area contributed by atoms with E-state index in [1.54, 1.807) is 7.11 Å².